The molecule has 3 rings (SSSR count). The monoisotopic (exact) mass is 369 g/mol. The summed E-state index contributed by atoms with van der Waals surface area (Å²) < 4.78 is 5.16. The van der Waals surface area contributed by atoms with Crippen LogP contribution in [0, 0.1) is 5.92 Å². The lowest BCUT2D eigenvalue weighted by Gasteiger charge is -2.39. The molecule has 0 aromatic carbocycles. The van der Waals surface area contributed by atoms with E-state index >= 15 is 0 Å². The predicted molar refractivity (Wildman–Crippen MR) is 99.4 cm³/mol. The number of carbonyl (C=O) groups excluding carboxylic acids is 1. The topological polar surface area (TPSA) is 70.6 Å². The van der Waals surface area contributed by atoms with Gasteiger partial charge >= 0.3 is 0 Å². The number of aromatic nitrogens is 2. The van der Waals surface area contributed by atoms with Crippen molar-refractivity contribution in [3.8, 4) is 5.88 Å². The first-order valence-corrected chi connectivity index (χ1v) is 8.73. The van der Waals surface area contributed by atoms with Crippen LogP contribution < -0.4 is 15.0 Å². The molecule has 2 aliphatic rings. The maximum atomic E-state index is 12.8. The number of piperazine rings is 1. The van der Waals surface area contributed by atoms with Gasteiger partial charge in [-0.05, 0) is 26.7 Å². The van der Waals surface area contributed by atoms with Gasteiger partial charge in [-0.1, -0.05) is 0 Å². The van der Waals surface area contributed by atoms with Crippen molar-refractivity contribution in [3.63, 3.8) is 0 Å². The highest BCUT2D eigenvalue weighted by molar-refractivity contribution is 5.85. The van der Waals surface area contributed by atoms with Gasteiger partial charge in [0.05, 0.1) is 7.11 Å². The molecule has 1 N–H and O–H groups in total. The van der Waals surface area contributed by atoms with Crippen molar-refractivity contribution < 1.29 is 9.53 Å². The van der Waals surface area contributed by atoms with Gasteiger partial charge in [0.15, 0.2) is 0 Å². The largest absolute Gasteiger partial charge is 0.481 e. The molecule has 2 unspecified atom stereocenters. The first-order chi connectivity index (χ1) is 11.6. The van der Waals surface area contributed by atoms with E-state index in [0.717, 1.165) is 39.0 Å². The van der Waals surface area contributed by atoms with Gasteiger partial charge in [-0.15, -0.1) is 12.4 Å². The van der Waals surface area contributed by atoms with E-state index in [2.05, 4.69) is 34.0 Å². The fourth-order valence-corrected chi connectivity index (χ4v) is 3.69. The van der Waals surface area contributed by atoms with Crippen LogP contribution in [0.25, 0.3) is 0 Å². The van der Waals surface area contributed by atoms with Crippen molar-refractivity contribution in [2.45, 2.75) is 38.8 Å². The number of nitrogens with zero attached hydrogens (tertiary/aromatic N) is 4. The average molecular weight is 370 g/mol. The van der Waals surface area contributed by atoms with Crippen molar-refractivity contribution in [1.29, 1.82) is 0 Å². The molecule has 8 heteroatoms. The summed E-state index contributed by atoms with van der Waals surface area (Å²) >= 11 is 0. The van der Waals surface area contributed by atoms with E-state index in [9.17, 15) is 4.79 Å². The lowest BCUT2D eigenvalue weighted by molar-refractivity contribution is -0.138. The number of halogens is 1. The summed E-state index contributed by atoms with van der Waals surface area (Å²) in [5, 5.41) is 3.48. The van der Waals surface area contributed by atoms with Crippen LogP contribution in [-0.2, 0) is 4.79 Å². The van der Waals surface area contributed by atoms with Gasteiger partial charge in [0, 0.05) is 56.4 Å². The number of nitrogens with one attached hydrogen (secondary N) is 1. The van der Waals surface area contributed by atoms with E-state index in [4.69, 9.17) is 4.74 Å². The van der Waals surface area contributed by atoms with Crippen LogP contribution in [0.2, 0.25) is 0 Å². The molecule has 25 heavy (non-hydrogen) atoms. The van der Waals surface area contributed by atoms with Gasteiger partial charge in [0.2, 0.25) is 17.7 Å². The fraction of sp³-hybridized carbons (Fsp3) is 0.706. The molecule has 1 aromatic rings. The number of ether oxygens (including phenoxy) is 1. The van der Waals surface area contributed by atoms with Crippen molar-refractivity contribution in [2.24, 2.45) is 5.92 Å². The van der Waals surface area contributed by atoms with Crippen LogP contribution in [0.4, 0.5) is 5.95 Å². The minimum Gasteiger partial charge on any atom is -0.481 e. The van der Waals surface area contributed by atoms with Gasteiger partial charge in [0.25, 0.3) is 0 Å². The van der Waals surface area contributed by atoms with Crippen LogP contribution in [0.1, 0.15) is 26.7 Å². The maximum absolute atomic E-state index is 12.8. The maximum Gasteiger partial charge on any atom is 0.228 e. The first kappa shape index (κ1) is 19.7. The molecule has 2 aliphatic heterocycles. The van der Waals surface area contributed by atoms with Crippen molar-refractivity contribution in [2.75, 3.05) is 38.2 Å². The van der Waals surface area contributed by atoms with Crippen molar-refractivity contribution in [1.82, 2.24) is 20.2 Å². The number of methoxy groups -OCH3 is 1. The Bertz CT molecular complexity index is 570. The summed E-state index contributed by atoms with van der Waals surface area (Å²) in [6.45, 7) is 7.50. The highest BCUT2D eigenvalue weighted by Gasteiger charge is 2.32. The van der Waals surface area contributed by atoms with E-state index < -0.39 is 0 Å². The third-order valence-electron chi connectivity index (χ3n) is 4.82. The average Bonchev–Trinajstić information content (AvgIpc) is 2.60. The van der Waals surface area contributed by atoms with E-state index in [1.54, 1.807) is 19.4 Å². The lowest BCUT2D eigenvalue weighted by Crippen LogP contribution is -2.57. The molecule has 140 valence electrons. The summed E-state index contributed by atoms with van der Waals surface area (Å²) in [6.07, 6.45) is 3.42. The van der Waals surface area contributed by atoms with Crippen molar-refractivity contribution >= 4 is 24.3 Å². The Labute approximate surface area is 155 Å². The molecule has 2 saturated heterocycles. The minimum absolute atomic E-state index is 0. The zero-order valence-corrected chi connectivity index (χ0v) is 16.0. The molecule has 0 saturated carbocycles. The molecule has 0 spiro atoms. The Balaban J connectivity index is 0.00000225. The second-order valence-corrected chi connectivity index (χ2v) is 6.87. The van der Waals surface area contributed by atoms with Gasteiger partial charge in [-0.3, -0.25) is 4.79 Å². The smallest absolute Gasteiger partial charge is 0.228 e. The summed E-state index contributed by atoms with van der Waals surface area (Å²) in [5.41, 5.74) is 0. The number of piperidine rings is 1. The Kier molecular flexibility index (Phi) is 6.84. The van der Waals surface area contributed by atoms with E-state index in [-0.39, 0.29) is 18.3 Å². The fourth-order valence-electron chi connectivity index (χ4n) is 3.69. The molecule has 2 fully saturated rings. The number of hydrogen-bond acceptors (Lipinski definition) is 6. The molecule has 0 radical (unpaired) electrons. The van der Waals surface area contributed by atoms with Crippen LogP contribution in [0.5, 0.6) is 5.88 Å². The van der Waals surface area contributed by atoms with Crippen LogP contribution >= 0.6 is 12.4 Å². The highest BCUT2D eigenvalue weighted by Crippen LogP contribution is 2.24. The first-order valence-electron chi connectivity index (χ1n) is 8.73. The van der Waals surface area contributed by atoms with E-state index in [1.165, 1.54) is 0 Å². The number of amides is 1. The molecule has 1 amide bonds. The SMILES string of the molecule is COc1ccnc(N2CCC(C(=O)N3CC(C)NC(C)C3)CC2)n1.Cl. The van der Waals surface area contributed by atoms with Gasteiger partial charge < -0.3 is 19.9 Å². The van der Waals surface area contributed by atoms with Gasteiger partial charge in [-0.2, -0.15) is 4.98 Å². The molecule has 3 heterocycles. The third kappa shape index (κ3) is 4.73. The zero-order chi connectivity index (χ0) is 17.1. The quantitative estimate of drug-likeness (QED) is 0.866. The third-order valence-corrected chi connectivity index (χ3v) is 4.82. The normalized spacial score (nSPS) is 24.6. The molecular weight excluding hydrogens is 342 g/mol. The Hall–Kier alpha value is -1.60. The van der Waals surface area contributed by atoms with Crippen LogP contribution in [-0.4, -0.2) is 66.1 Å². The molecule has 2 atom stereocenters. The zero-order valence-electron chi connectivity index (χ0n) is 15.1. The second-order valence-electron chi connectivity index (χ2n) is 6.87. The van der Waals surface area contributed by atoms with E-state index in [0.29, 0.717) is 29.8 Å². The highest BCUT2D eigenvalue weighted by atomic mass is 35.5. The summed E-state index contributed by atoms with van der Waals surface area (Å²) in [7, 11) is 1.60. The standard InChI is InChI=1S/C17H27N5O2.ClH/c1-12-10-22(11-13(2)19-12)16(23)14-5-8-21(9-6-14)17-18-7-4-15(20-17)24-3;/h4,7,12-14,19H,5-6,8-11H2,1-3H3;1H. The molecular formula is C17H28ClN5O2. The minimum atomic E-state index is 0. The van der Waals surface area contributed by atoms with Crippen LogP contribution in [0.15, 0.2) is 12.3 Å². The van der Waals surface area contributed by atoms with Crippen molar-refractivity contribution in [3.05, 3.63) is 12.3 Å². The summed E-state index contributed by atoms with van der Waals surface area (Å²) in [4.78, 5) is 25.7. The van der Waals surface area contributed by atoms with Crippen LogP contribution in [0.3, 0.4) is 0 Å². The molecule has 7 nitrogen and oxygen atoms in total. The summed E-state index contributed by atoms with van der Waals surface area (Å²) in [6, 6.07) is 2.47. The number of rotatable bonds is 3. The molecule has 0 bridgehead atoms. The Morgan fingerprint density at radius 3 is 2.48 bits per heavy atom. The number of hydrogen-bond donors (Lipinski definition) is 1. The Morgan fingerprint density at radius 2 is 1.88 bits per heavy atom. The number of anilines is 1. The summed E-state index contributed by atoms with van der Waals surface area (Å²) in [5.74, 6) is 1.68. The number of carbonyl (C=O) groups is 1. The van der Waals surface area contributed by atoms with Gasteiger partial charge in [0.1, 0.15) is 0 Å². The molecule has 1 aromatic heterocycles. The lowest BCUT2D eigenvalue weighted by atomic mass is 9.94. The Morgan fingerprint density at radius 1 is 1.24 bits per heavy atom. The predicted octanol–water partition coefficient (Wildman–Crippen LogP) is 1.33. The molecule has 0 aliphatic carbocycles. The van der Waals surface area contributed by atoms with E-state index in [1.807, 2.05) is 4.90 Å². The second kappa shape index (κ2) is 8.67. The van der Waals surface area contributed by atoms with Gasteiger partial charge in [-0.25, -0.2) is 4.98 Å².